The first-order valence-corrected chi connectivity index (χ1v) is 8.07. The van der Waals surface area contributed by atoms with Crippen LogP contribution in [0.5, 0.6) is 0 Å². The Hall–Kier alpha value is -1.39. The second-order valence-electron chi connectivity index (χ2n) is 5.60. The minimum Gasteiger partial charge on any atom is -0.378 e. The Morgan fingerprint density at radius 1 is 1.40 bits per heavy atom. The summed E-state index contributed by atoms with van der Waals surface area (Å²) in [5.41, 5.74) is 5.84. The van der Waals surface area contributed by atoms with Gasteiger partial charge in [0.05, 0.1) is 11.2 Å². The van der Waals surface area contributed by atoms with Crippen molar-refractivity contribution in [2.75, 3.05) is 25.5 Å². The average Bonchev–Trinajstić information content (AvgIpc) is 3.11. The van der Waals surface area contributed by atoms with Gasteiger partial charge in [0.2, 0.25) is 0 Å². The summed E-state index contributed by atoms with van der Waals surface area (Å²) in [6.45, 7) is 2.15. The van der Waals surface area contributed by atoms with Gasteiger partial charge in [0.1, 0.15) is 0 Å². The maximum atomic E-state index is 4.42. The van der Waals surface area contributed by atoms with Crippen molar-refractivity contribution in [2.45, 2.75) is 25.4 Å². The molecule has 0 spiro atoms. The molecule has 0 bridgehead atoms. The first kappa shape index (κ1) is 13.6. The largest absolute Gasteiger partial charge is 0.378 e. The molecule has 1 aromatic heterocycles. The number of thiazole rings is 1. The zero-order valence-electron chi connectivity index (χ0n) is 12.1. The van der Waals surface area contributed by atoms with Crippen LogP contribution in [0.15, 0.2) is 35.2 Å². The van der Waals surface area contributed by atoms with E-state index in [4.69, 9.17) is 0 Å². The molecule has 0 radical (unpaired) electrons. The standard InChI is InChI=1S/C16H21N3S/c1-18(2)15-6-3-5-13(9-15)16-7-4-8-19(16)10-14-11-20-12-17-14/h3,5-6,9,11-12,16H,4,7-8,10H2,1-2H3/t16-/m1/s1. The summed E-state index contributed by atoms with van der Waals surface area (Å²) in [5, 5.41) is 2.16. The van der Waals surface area contributed by atoms with Gasteiger partial charge in [-0.25, -0.2) is 4.98 Å². The number of rotatable bonds is 4. The van der Waals surface area contributed by atoms with Crippen molar-refractivity contribution >= 4 is 17.0 Å². The fraction of sp³-hybridized carbons (Fsp3) is 0.438. The van der Waals surface area contributed by atoms with Crippen LogP contribution in [0.2, 0.25) is 0 Å². The number of nitrogens with zero attached hydrogens (tertiary/aromatic N) is 3. The van der Waals surface area contributed by atoms with Crippen molar-refractivity contribution in [3.8, 4) is 0 Å². The number of hydrogen-bond donors (Lipinski definition) is 0. The van der Waals surface area contributed by atoms with E-state index < -0.39 is 0 Å². The summed E-state index contributed by atoms with van der Waals surface area (Å²) in [6, 6.07) is 9.46. The van der Waals surface area contributed by atoms with Gasteiger partial charge < -0.3 is 4.90 Å². The first-order valence-electron chi connectivity index (χ1n) is 7.12. The lowest BCUT2D eigenvalue weighted by Gasteiger charge is -2.25. The molecule has 1 atom stereocenters. The lowest BCUT2D eigenvalue weighted by Crippen LogP contribution is -2.23. The predicted octanol–water partition coefficient (Wildman–Crippen LogP) is 3.55. The molecule has 0 amide bonds. The molecular formula is C16H21N3S. The molecule has 20 heavy (non-hydrogen) atoms. The minimum absolute atomic E-state index is 0.539. The monoisotopic (exact) mass is 287 g/mol. The van der Waals surface area contributed by atoms with Gasteiger partial charge in [-0.2, -0.15) is 0 Å². The molecule has 2 heterocycles. The van der Waals surface area contributed by atoms with Crippen LogP contribution in [0.3, 0.4) is 0 Å². The number of likely N-dealkylation sites (tertiary alicyclic amines) is 1. The molecule has 0 unspecified atom stereocenters. The van der Waals surface area contributed by atoms with Crippen LogP contribution in [-0.2, 0) is 6.54 Å². The van der Waals surface area contributed by atoms with E-state index in [1.165, 1.54) is 36.3 Å². The van der Waals surface area contributed by atoms with Gasteiger partial charge in [-0.05, 0) is 37.1 Å². The number of aromatic nitrogens is 1. The van der Waals surface area contributed by atoms with E-state index in [2.05, 4.69) is 58.5 Å². The van der Waals surface area contributed by atoms with Crippen LogP contribution in [0, 0.1) is 0 Å². The van der Waals surface area contributed by atoms with E-state index in [1.807, 2.05) is 5.51 Å². The highest BCUT2D eigenvalue weighted by molar-refractivity contribution is 7.07. The summed E-state index contributed by atoms with van der Waals surface area (Å²) in [7, 11) is 4.20. The van der Waals surface area contributed by atoms with Gasteiger partial charge in [-0.3, -0.25) is 4.90 Å². The SMILES string of the molecule is CN(C)c1cccc([C@H]2CCCN2Cc2cscn2)c1. The van der Waals surface area contributed by atoms with Gasteiger partial charge in [-0.1, -0.05) is 12.1 Å². The maximum absolute atomic E-state index is 4.42. The van der Waals surface area contributed by atoms with Crippen LogP contribution in [0.4, 0.5) is 5.69 Å². The molecule has 0 aliphatic carbocycles. The Balaban J connectivity index is 1.79. The third-order valence-corrected chi connectivity index (χ3v) is 4.62. The maximum Gasteiger partial charge on any atom is 0.0795 e. The molecule has 3 nitrogen and oxygen atoms in total. The van der Waals surface area contributed by atoms with E-state index in [9.17, 15) is 0 Å². The molecule has 3 rings (SSSR count). The molecule has 106 valence electrons. The topological polar surface area (TPSA) is 19.4 Å². The molecule has 4 heteroatoms. The molecule has 0 saturated carbocycles. The summed E-state index contributed by atoms with van der Waals surface area (Å²) < 4.78 is 0. The Labute approximate surface area is 124 Å². The van der Waals surface area contributed by atoms with Gasteiger partial charge in [0.15, 0.2) is 0 Å². The molecule has 1 aromatic carbocycles. The fourth-order valence-electron chi connectivity index (χ4n) is 2.93. The van der Waals surface area contributed by atoms with Crippen molar-refractivity contribution < 1.29 is 0 Å². The minimum atomic E-state index is 0.539. The van der Waals surface area contributed by atoms with Gasteiger partial charge in [-0.15, -0.1) is 11.3 Å². The highest BCUT2D eigenvalue weighted by atomic mass is 32.1. The molecule has 0 N–H and O–H groups in total. The van der Waals surface area contributed by atoms with E-state index in [1.54, 1.807) is 11.3 Å². The first-order chi connectivity index (χ1) is 9.74. The molecule has 1 fully saturated rings. The second-order valence-corrected chi connectivity index (χ2v) is 6.32. The number of benzene rings is 1. The highest BCUT2D eigenvalue weighted by Gasteiger charge is 2.26. The third kappa shape index (κ3) is 2.86. The Kier molecular flexibility index (Phi) is 4.03. The molecule has 1 saturated heterocycles. The van der Waals surface area contributed by atoms with Crippen LogP contribution in [-0.4, -0.2) is 30.5 Å². The van der Waals surface area contributed by atoms with Gasteiger partial charge in [0, 0.05) is 37.7 Å². The zero-order valence-corrected chi connectivity index (χ0v) is 12.9. The smallest absolute Gasteiger partial charge is 0.0795 e. The fourth-order valence-corrected chi connectivity index (χ4v) is 3.48. The van der Waals surface area contributed by atoms with Crippen LogP contribution >= 0.6 is 11.3 Å². The van der Waals surface area contributed by atoms with Crippen molar-refractivity contribution in [3.05, 3.63) is 46.4 Å². The summed E-state index contributed by atoms with van der Waals surface area (Å²) in [5.74, 6) is 0. The Bertz CT molecular complexity index is 551. The predicted molar refractivity (Wildman–Crippen MR) is 85.3 cm³/mol. The van der Waals surface area contributed by atoms with Crippen molar-refractivity contribution in [1.29, 1.82) is 0 Å². The van der Waals surface area contributed by atoms with Crippen LogP contribution in [0.25, 0.3) is 0 Å². The third-order valence-electron chi connectivity index (χ3n) is 3.98. The second kappa shape index (κ2) is 5.94. The van der Waals surface area contributed by atoms with Gasteiger partial charge in [0.25, 0.3) is 0 Å². The van der Waals surface area contributed by atoms with E-state index in [0.717, 1.165) is 6.54 Å². The number of hydrogen-bond acceptors (Lipinski definition) is 4. The summed E-state index contributed by atoms with van der Waals surface area (Å²) >= 11 is 1.68. The Morgan fingerprint density at radius 2 is 2.30 bits per heavy atom. The molecule has 1 aliphatic heterocycles. The summed E-state index contributed by atoms with van der Waals surface area (Å²) in [4.78, 5) is 9.15. The number of anilines is 1. The Morgan fingerprint density at radius 3 is 3.05 bits per heavy atom. The zero-order chi connectivity index (χ0) is 13.9. The normalized spacial score (nSPS) is 19.4. The van der Waals surface area contributed by atoms with Crippen molar-refractivity contribution in [1.82, 2.24) is 9.88 Å². The molecular weight excluding hydrogens is 266 g/mol. The van der Waals surface area contributed by atoms with Crippen molar-refractivity contribution in [3.63, 3.8) is 0 Å². The summed E-state index contributed by atoms with van der Waals surface area (Å²) in [6.07, 6.45) is 2.53. The van der Waals surface area contributed by atoms with Crippen LogP contribution in [0.1, 0.15) is 30.1 Å². The molecule has 2 aromatic rings. The highest BCUT2D eigenvalue weighted by Crippen LogP contribution is 2.34. The van der Waals surface area contributed by atoms with E-state index >= 15 is 0 Å². The van der Waals surface area contributed by atoms with Crippen molar-refractivity contribution in [2.24, 2.45) is 0 Å². The van der Waals surface area contributed by atoms with E-state index in [0.29, 0.717) is 6.04 Å². The van der Waals surface area contributed by atoms with E-state index in [-0.39, 0.29) is 0 Å². The van der Waals surface area contributed by atoms with Crippen LogP contribution < -0.4 is 4.90 Å². The average molecular weight is 287 g/mol. The molecule has 1 aliphatic rings. The lowest BCUT2D eigenvalue weighted by atomic mass is 10.0. The van der Waals surface area contributed by atoms with Gasteiger partial charge >= 0.3 is 0 Å². The quantitative estimate of drug-likeness (QED) is 0.857. The lowest BCUT2D eigenvalue weighted by molar-refractivity contribution is 0.246.